The average molecular weight is 310 g/mol. The van der Waals surface area contributed by atoms with Crippen LogP contribution in [0.3, 0.4) is 0 Å². The lowest BCUT2D eigenvalue weighted by molar-refractivity contribution is -0.145. The zero-order valence-corrected chi connectivity index (χ0v) is 11.3. The van der Waals surface area contributed by atoms with Gasteiger partial charge in [0.1, 0.15) is 6.61 Å². The van der Waals surface area contributed by atoms with E-state index in [1.54, 1.807) is 0 Å². The van der Waals surface area contributed by atoms with Crippen molar-refractivity contribution in [2.24, 2.45) is 5.92 Å². The van der Waals surface area contributed by atoms with Gasteiger partial charge in [-0.15, -0.1) is 0 Å². The first-order valence-electron chi connectivity index (χ1n) is 5.28. The third kappa shape index (κ3) is 6.63. The first kappa shape index (κ1) is 15.3. The Balaban J connectivity index is 2.24. The molecule has 1 rings (SSSR count). The minimum atomic E-state index is -2.59. The van der Waals surface area contributed by atoms with Gasteiger partial charge in [-0.2, -0.15) is 0 Å². The molecule has 0 aliphatic heterocycles. The van der Waals surface area contributed by atoms with E-state index in [-0.39, 0.29) is 31.8 Å². The van der Waals surface area contributed by atoms with Crippen molar-refractivity contribution >= 4 is 40.8 Å². The number of hydrogen-bond acceptors (Lipinski definition) is 2. The first-order valence-corrected chi connectivity index (χ1v) is 6.41. The lowest BCUT2D eigenvalue weighted by atomic mass is 9.85. The summed E-state index contributed by atoms with van der Waals surface area (Å²) in [6.07, 6.45) is 0.424. The van der Waals surface area contributed by atoms with E-state index in [0.717, 1.165) is 0 Å². The number of rotatable bonds is 3. The lowest BCUT2D eigenvalue weighted by Crippen LogP contribution is -2.27. The Labute approximate surface area is 114 Å². The number of alkyl halides is 5. The lowest BCUT2D eigenvalue weighted by Gasteiger charge is -2.27. The zero-order valence-electron chi connectivity index (χ0n) is 9.03. The highest BCUT2D eigenvalue weighted by molar-refractivity contribution is 6.67. The van der Waals surface area contributed by atoms with Crippen LogP contribution in [0, 0.1) is 5.92 Å². The fourth-order valence-electron chi connectivity index (χ4n) is 1.76. The summed E-state index contributed by atoms with van der Waals surface area (Å²) in [5, 5.41) is 0. The molecule has 0 unspecified atom stereocenters. The van der Waals surface area contributed by atoms with Gasteiger partial charge in [0.05, 0.1) is 0 Å². The van der Waals surface area contributed by atoms with Crippen molar-refractivity contribution in [1.82, 2.24) is 0 Å². The third-order valence-electron chi connectivity index (χ3n) is 2.69. The second kappa shape index (κ2) is 5.89. The minimum Gasteiger partial charge on any atom is -0.461 e. The van der Waals surface area contributed by atoms with Crippen molar-refractivity contribution in [3.05, 3.63) is 0 Å². The summed E-state index contributed by atoms with van der Waals surface area (Å²) in [6, 6.07) is 0. The third-order valence-corrected chi connectivity index (χ3v) is 3.02. The first-order chi connectivity index (χ1) is 7.68. The topological polar surface area (TPSA) is 26.3 Å². The van der Waals surface area contributed by atoms with E-state index in [4.69, 9.17) is 39.5 Å². The molecule has 0 radical (unpaired) electrons. The highest BCUT2D eigenvalue weighted by Gasteiger charge is 2.35. The standard InChI is InChI=1S/C10H13Cl3F2O2/c11-10(12,13)6-17-8(16)5-7-1-3-9(14,15)4-2-7/h7H,1-6H2. The van der Waals surface area contributed by atoms with Crippen LogP contribution in [0.1, 0.15) is 32.1 Å². The van der Waals surface area contributed by atoms with Gasteiger partial charge < -0.3 is 4.74 Å². The van der Waals surface area contributed by atoms with Crippen LogP contribution in [-0.4, -0.2) is 22.3 Å². The monoisotopic (exact) mass is 308 g/mol. The molecule has 0 aromatic carbocycles. The Bertz CT molecular complexity index is 269. The summed E-state index contributed by atoms with van der Waals surface area (Å²) in [5.74, 6) is -3.15. The number of esters is 1. The molecule has 0 N–H and O–H groups in total. The molecule has 1 saturated carbocycles. The van der Waals surface area contributed by atoms with Crippen LogP contribution in [0.4, 0.5) is 8.78 Å². The fraction of sp³-hybridized carbons (Fsp3) is 0.900. The summed E-state index contributed by atoms with van der Waals surface area (Å²) in [4.78, 5) is 11.3. The molecule has 0 spiro atoms. The van der Waals surface area contributed by atoms with Gasteiger partial charge >= 0.3 is 5.97 Å². The van der Waals surface area contributed by atoms with Crippen molar-refractivity contribution in [2.75, 3.05) is 6.61 Å². The normalized spacial score (nSPS) is 21.2. The Hall–Kier alpha value is 0.200. The number of hydrogen-bond donors (Lipinski definition) is 0. The molecule has 0 amide bonds. The number of halogens is 5. The van der Waals surface area contributed by atoms with Gasteiger partial charge in [-0.3, -0.25) is 4.79 Å². The van der Waals surface area contributed by atoms with E-state index < -0.39 is 15.7 Å². The summed E-state index contributed by atoms with van der Waals surface area (Å²) < 4.78 is 28.8. The van der Waals surface area contributed by atoms with E-state index >= 15 is 0 Å². The number of ether oxygens (including phenoxy) is 1. The highest BCUT2D eigenvalue weighted by atomic mass is 35.6. The van der Waals surface area contributed by atoms with Crippen molar-refractivity contribution in [1.29, 1.82) is 0 Å². The van der Waals surface area contributed by atoms with Gasteiger partial charge in [-0.05, 0) is 18.8 Å². The molecule has 0 heterocycles. The summed E-state index contributed by atoms with van der Waals surface area (Å²) in [6.45, 7) is -0.320. The molecule has 0 bridgehead atoms. The molecule has 7 heteroatoms. The Morgan fingerprint density at radius 3 is 2.29 bits per heavy atom. The van der Waals surface area contributed by atoms with Crippen LogP contribution in [0.5, 0.6) is 0 Å². The van der Waals surface area contributed by atoms with Crippen LogP contribution in [0.2, 0.25) is 0 Å². The van der Waals surface area contributed by atoms with Crippen molar-refractivity contribution < 1.29 is 18.3 Å². The van der Waals surface area contributed by atoms with Crippen molar-refractivity contribution in [3.63, 3.8) is 0 Å². The van der Waals surface area contributed by atoms with Crippen molar-refractivity contribution in [2.45, 2.75) is 41.8 Å². The Kier molecular flexibility index (Phi) is 5.29. The largest absolute Gasteiger partial charge is 0.461 e. The van der Waals surface area contributed by atoms with E-state index in [1.807, 2.05) is 0 Å². The quantitative estimate of drug-likeness (QED) is 0.579. The van der Waals surface area contributed by atoms with E-state index in [2.05, 4.69) is 0 Å². The maximum Gasteiger partial charge on any atom is 0.306 e. The molecule has 1 aliphatic rings. The Morgan fingerprint density at radius 2 is 1.82 bits per heavy atom. The van der Waals surface area contributed by atoms with Gasteiger partial charge in [0.15, 0.2) is 0 Å². The molecule has 0 aromatic heterocycles. The maximum absolute atomic E-state index is 12.9. The van der Waals surface area contributed by atoms with Gasteiger partial charge in [0, 0.05) is 19.3 Å². The molecule has 100 valence electrons. The second-order valence-corrected chi connectivity index (χ2v) is 6.80. The SMILES string of the molecule is O=C(CC1CCC(F)(F)CC1)OCC(Cl)(Cl)Cl. The molecule has 17 heavy (non-hydrogen) atoms. The summed E-state index contributed by atoms with van der Waals surface area (Å²) in [7, 11) is 0. The van der Waals surface area contributed by atoms with E-state index in [0.29, 0.717) is 12.8 Å². The van der Waals surface area contributed by atoms with Crippen LogP contribution in [0.25, 0.3) is 0 Å². The fourth-order valence-corrected chi connectivity index (χ4v) is 1.92. The van der Waals surface area contributed by atoms with Crippen molar-refractivity contribution in [3.8, 4) is 0 Å². The smallest absolute Gasteiger partial charge is 0.306 e. The predicted octanol–water partition coefficient (Wildman–Crippen LogP) is 4.12. The van der Waals surface area contributed by atoms with Gasteiger partial charge in [-0.1, -0.05) is 34.8 Å². The van der Waals surface area contributed by atoms with Gasteiger partial charge in [0.2, 0.25) is 9.72 Å². The van der Waals surface area contributed by atoms with Gasteiger partial charge in [0.25, 0.3) is 0 Å². The van der Waals surface area contributed by atoms with Crippen LogP contribution >= 0.6 is 34.8 Å². The molecule has 2 nitrogen and oxygen atoms in total. The minimum absolute atomic E-state index is 0.0579. The number of carbonyl (C=O) groups is 1. The molecule has 0 saturated heterocycles. The molecule has 1 aliphatic carbocycles. The van der Waals surface area contributed by atoms with E-state index in [1.165, 1.54) is 0 Å². The molecule has 0 aromatic rings. The maximum atomic E-state index is 12.9. The number of carbonyl (C=O) groups excluding carboxylic acids is 1. The summed E-state index contributed by atoms with van der Waals surface area (Å²) >= 11 is 16.2. The van der Waals surface area contributed by atoms with Gasteiger partial charge in [-0.25, -0.2) is 8.78 Å². The average Bonchev–Trinajstić information content (AvgIpc) is 2.17. The van der Waals surface area contributed by atoms with Crippen LogP contribution in [-0.2, 0) is 9.53 Å². The van der Waals surface area contributed by atoms with E-state index in [9.17, 15) is 13.6 Å². The molecule has 0 atom stereocenters. The predicted molar refractivity (Wildman–Crippen MR) is 62.8 cm³/mol. The summed E-state index contributed by atoms with van der Waals surface area (Å²) in [5.41, 5.74) is 0. The molecular weight excluding hydrogens is 296 g/mol. The molecule has 1 fully saturated rings. The van der Waals surface area contributed by atoms with Crippen LogP contribution in [0.15, 0.2) is 0 Å². The highest BCUT2D eigenvalue weighted by Crippen LogP contribution is 2.37. The zero-order chi connectivity index (χ0) is 13.1. The Morgan fingerprint density at radius 1 is 1.29 bits per heavy atom. The second-order valence-electron chi connectivity index (χ2n) is 4.28. The van der Waals surface area contributed by atoms with Crippen LogP contribution < -0.4 is 0 Å². The molecular formula is C10H13Cl3F2O2.